The van der Waals surface area contributed by atoms with Crippen molar-refractivity contribution in [2.24, 2.45) is 0 Å². The van der Waals surface area contributed by atoms with Gasteiger partial charge in [-0.3, -0.25) is 5.32 Å². The molecule has 128 valence electrons. The van der Waals surface area contributed by atoms with Crippen LogP contribution in [0, 0.1) is 20.2 Å². The van der Waals surface area contributed by atoms with Gasteiger partial charge in [-0.2, -0.15) is 0 Å². The van der Waals surface area contributed by atoms with Crippen LogP contribution in [0.4, 0.5) is 0 Å². The van der Waals surface area contributed by atoms with Gasteiger partial charge in [0.1, 0.15) is 12.3 Å². The fraction of sp³-hybridized carbons (Fsp3) is 0.600. The Kier molecular flexibility index (Phi) is 3.52. The topological polar surface area (TPSA) is 105 Å². The highest BCUT2D eigenvalue weighted by molar-refractivity contribution is 5.31. The number of hydrogen-bond acceptors (Lipinski definition) is 5. The monoisotopic (exact) mass is 333 g/mol. The Hall–Kier alpha value is -2.42. The van der Waals surface area contributed by atoms with E-state index in [0.29, 0.717) is 25.7 Å². The second-order valence-corrected chi connectivity index (χ2v) is 6.69. The van der Waals surface area contributed by atoms with E-state index in [2.05, 4.69) is 23.5 Å². The number of hydrazine groups is 2. The quantitative estimate of drug-likeness (QED) is 0.638. The molecular weight excluding hydrogens is 314 g/mol. The Morgan fingerprint density at radius 2 is 1.25 bits per heavy atom. The first kappa shape index (κ1) is 15.1. The molecule has 24 heavy (non-hydrogen) atoms. The second-order valence-electron chi connectivity index (χ2n) is 6.69. The smallest absolute Gasteiger partial charge is 0.221 e. The molecule has 0 radical (unpaired) electrons. The molecule has 0 spiro atoms. The van der Waals surface area contributed by atoms with Crippen LogP contribution in [-0.2, 0) is 19.3 Å². The van der Waals surface area contributed by atoms with E-state index in [1.165, 1.54) is 11.1 Å². The Bertz CT molecular complexity index is 639. The minimum absolute atomic E-state index is 0.361. The van der Waals surface area contributed by atoms with Gasteiger partial charge in [0.15, 0.2) is 10.1 Å². The normalized spacial score (nSPS) is 28.6. The molecule has 9 heteroatoms. The molecule has 0 amide bonds. The zero-order valence-electron chi connectivity index (χ0n) is 13.1. The molecular formula is C15H19N5O4. The van der Waals surface area contributed by atoms with E-state index < -0.39 is 28.6 Å². The van der Waals surface area contributed by atoms with Gasteiger partial charge in [-0.15, -0.1) is 0 Å². The number of aryl methyl sites for hydroxylation is 3. The summed E-state index contributed by atoms with van der Waals surface area (Å²) in [5.41, 5.74) is 3.51. The summed E-state index contributed by atoms with van der Waals surface area (Å²) in [5, 5.41) is 27.6. The van der Waals surface area contributed by atoms with Crippen molar-refractivity contribution in [2.75, 3.05) is 0 Å². The van der Waals surface area contributed by atoms with Crippen LogP contribution in [0.5, 0.6) is 0 Å². The molecule has 0 aromatic heterocycles. The first-order valence-electron chi connectivity index (χ1n) is 8.26. The van der Waals surface area contributed by atoms with Crippen molar-refractivity contribution in [1.82, 2.24) is 15.3 Å². The van der Waals surface area contributed by atoms with Crippen LogP contribution in [0.3, 0.4) is 0 Å². The largest absolute Gasteiger partial charge is 0.268 e. The summed E-state index contributed by atoms with van der Waals surface area (Å²) in [7, 11) is 0. The maximum absolute atomic E-state index is 11.7. The summed E-state index contributed by atoms with van der Waals surface area (Å²) in [4.78, 5) is 23.3. The molecule has 0 aliphatic carbocycles. The highest BCUT2D eigenvalue weighted by Crippen LogP contribution is 2.30. The number of nitro groups is 2. The molecule has 1 N–H and O–H groups in total. The minimum atomic E-state index is -0.838. The fourth-order valence-electron chi connectivity index (χ4n) is 4.23. The third kappa shape index (κ3) is 2.44. The molecule has 0 saturated carbocycles. The maximum Gasteiger partial charge on any atom is 0.221 e. The molecule has 2 atom stereocenters. The summed E-state index contributed by atoms with van der Waals surface area (Å²) in [6.07, 6.45) is 1.70. The lowest BCUT2D eigenvalue weighted by Gasteiger charge is -2.44. The van der Waals surface area contributed by atoms with E-state index in [-0.39, 0.29) is 0 Å². The molecule has 5 rings (SSSR count). The lowest BCUT2D eigenvalue weighted by molar-refractivity contribution is -0.750. The molecule has 4 aliphatic rings. The molecule has 1 aromatic carbocycles. The summed E-state index contributed by atoms with van der Waals surface area (Å²) < 4.78 is 0. The number of fused-ring (bicyclic) bond motifs is 3. The van der Waals surface area contributed by atoms with Gasteiger partial charge < -0.3 is 0 Å². The van der Waals surface area contributed by atoms with E-state index in [9.17, 15) is 20.2 Å². The first-order chi connectivity index (χ1) is 11.5. The minimum Gasteiger partial charge on any atom is -0.268 e. The Morgan fingerprint density at radius 1 is 0.833 bits per heavy atom. The zero-order chi connectivity index (χ0) is 16.8. The predicted molar refractivity (Wildman–Crippen MR) is 83.6 cm³/mol. The predicted octanol–water partition coefficient (Wildman–Crippen LogP) is 1.08. The van der Waals surface area contributed by atoms with Crippen LogP contribution < -0.4 is 5.32 Å². The van der Waals surface area contributed by atoms with E-state index in [1.807, 2.05) is 0 Å². The number of rotatable bonds is 2. The average Bonchev–Trinajstić information content (AvgIpc) is 2.53. The Morgan fingerprint density at radius 3 is 1.67 bits per heavy atom. The summed E-state index contributed by atoms with van der Waals surface area (Å²) in [6.45, 7) is 0. The maximum atomic E-state index is 11.7. The number of benzene rings is 1. The van der Waals surface area contributed by atoms with Crippen molar-refractivity contribution < 1.29 is 10.1 Å². The Balaban J connectivity index is 1.85. The average molecular weight is 333 g/mol. The first-order valence-corrected chi connectivity index (χ1v) is 8.26. The summed E-state index contributed by atoms with van der Waals surface area (Å²) in [6, 6.07) is 6.41. The van der Waals surface area contributed by atoms with Gasteiger partial charge in [0.2, 0.25) is 6.17 Å². The third-order valence-corrected chi connectivity index (χ3v) is 5.23. The molecule has 9 nitrogen and oxygen atoms in total. The SMILES string of the molecule is O=[N+]([O-])N1C2CCc3cc4cc(c3)CCC1N([N+](=O)[O-])C(CC4)N2. The number of nitrogens with zero attached hydrogens (tertiary/aromatic N) is 4. The number of hydrogen-bond donors (Lipinski definition) is 1. The Labute approximate surface area is 138 Å². The van der Waals surface area contributed by atoms with Crippen molar-refractivity contribution in [3.63, 3.8) is 0 Å². The van der Waals surface area contributed by atoms with E-state index in [1.54, 1.807) is 0 Å². The van der Waals surface area contributed by atoms with Crippen molar-refractivity contribution >= 4 is 0 Å². The van der Waals surface area contributed by atoms with Crippen molar-refractivity contribution in [3.05, 3.63) is 55.1 Å². The molecule has 1 saturated heterocycles. The molecule has 4 aliphatic heterocycles. The van der Waals surface area contributed by atoms with Gasteiger partial charge in [-0.25, -0.2) is 20.2 Å². The van der Waals surface area contributed by atoms with Gasteiger partial charge in [-0.1, -0.05) is 28.2 Å². The molecule has 4 heterocycles. The van der Waals surface area contributed by atoms with Crippen LogP contribution in [0.25, 0.3) is 0 Å². The van der Waals surface area contributed by atoms with Crippen molar-refractivity contribution in [2.45, 2.75) is 57.0 Å². The van der Waals surface area contributed by atoms with Gasteiger partial charge in [0.25, 0.3) is 0 Å². The van der Waals surface area contributed by atoms with Crippen molar-refractivity contribution in [1.29, 1.82) is 0 Å². The summed E-state index contributed by atoms with van der Waals surface area (Å²) >= 11 is 0. The molecule has 1 fully saturated rings. The van der Waals surface area contributed by atoms with Crippen LogP contribution in [0.15, 0.2) is 18.2 Å². The van der Waals surface area contributed by atoms with Gasteiger partial charge >= 0.3 is 0 Å². The van der Waals surface area contributed by atoms with Gasteiger partial charge in [0, 0.05) is 6.42 Å². The molecule has 2 unspecified atom stereocenters. The highest BCUT2D eigenvalue weighted by Gasteiger charge is 2.51. The fourth-order valence-corrected chi connectivity index (χ4v) is 4.23. The van der Waals surface area contributed by atoms with Crippen LogP contribution in [0.1, 0.15) is 36.0 Å². The van der Waals surface area contributed by atoms with Crippen LogP contribution in [0.2, 0.25) is 0 Å². The third-order valence-electron chi connectivity index (χ3n) is 5.23. The van der Waals surface area contributed by atoms with E-state index in [0.717, 1.165) is 28.4 Å². The van der Waals surface area contributed by atoms with E-state index in [4.69, 9.17) is 0 Å². The number of nitrogens with one attached hydrogen (secondary N) is 1. The zero-order valence-corrected chi connectivity index (χ0v) is 13.1. The van der Waals surface area contributed by atoms with Crippen molar-refractivity contribution in [3.8, 4) is 0 Å². The van der Waals surface area contributed by atoms with Gasteiger partial charge in [-0.05, 0) is 48.8 Å². The molecule has 6 bridgehead atoms. The van der Waals surface area contributed by atoms with E-state index >= 15 is 0 Å². The lowest BCUT2D eigenvalue weighted by atomic mass is 9.92. The lowest BCUT2D eigenvalue weighted by Crippen LogP contribution is -2.72. The van der Waals surface area contributed by atoms with Gasteiger partial charge in [0.05, 0.1) is 0 Å². The molecule has 1 aromatic rings. The van der Waals surface area contributed by atoms with Crippen LogP contribution >= 0.6 is 0 Å². The summed E-state index contributed by atoms with van der Waals surface area (Å²) in [5.74, 6) is 0. The standard InChI is InChI=1S/C15H19N5O4/c21-19(22)17-13-4-1-10-7-11-2-5-14(16-13)18(20(23)24)15(17)6-3-12(8-10)9-11/h7-9,13-16H,1-6H2. The highest BCUT2D eigenvalue weighted by atomic mass is 16.7. The second kappa shape index (κ2) is 5.59. The van der Waals surface area contributed by atoms with Crippen LogP contribution in [-0.4, -0.2) is 38.6 Å².